The molecule has 1 saturated heterocycles. The molecule has 1 heterocycles. The average molecular weight is 337 g/mol. The summed E-state index contributed by atoms with van der Waals surface area (Å²) in [7, 11) is 0. The third kappa shape index (κ3) is 3.49. The molecule has 25 heavy (non-hydrogen) atoms. The van der Waals surface area contributed by atoms with Gasteiger partial charge in [-0.15, -0.1) is 0 Å². The smallest absolute Gasteiger partial charge is 0.148 e. The lowest BCUT2D eigenvalue weighted by Crippen LogP contribution is -2.46. The molecule has 1 unspecified atom stereocenters. The van der Waals surface area contributed by atoms with Crippen LogP contribution >= 0.6 is 0 Å². The van der Waals surface area contributed by atoms with Gasteiger partial charge < -0.3 is 4.74 Å². The molecule has 0 spiro atoms. The number of Topliss-reactive ketones (excluding diaryl/α,β-unsaturated/α-hetero) is 1. The number of carbonyl (C=O) groups is 1. The van der Waals surface area contributed by atoms with E-state index in [2.05, 4.69) is 54.3 Å². The lowest BCUT2D eigenvalue weighted by Gasteiger charge is -2.38. The SMILES string of the molecule is CC(O[C@H]1CCCC[C@@H]1N1CCC(=O)C1)c1cccc2ccccc12. The predicted octanol–water partition coefficient (Wildman–Crippen LogP) is 4.50. The van der Waals surface area contributed by atoms with Crippen LogP contribution in [0.4, 0.5) is 0 Å². The van der Waals surface area contributed by atoms with Crippen LogP contribution in [-0.2, 0) is 9.53 Å². The zero-order valence-corrected chi connectivity index (χ0v) is 15.0. The molecule has 2 aromatic carbocycles. The van der Waals surface area contributed by atoms with Gasteiger partial charge in [-0.1, -0.05) is 55.3 Å². The van der Waals surface area contributed by atoms with Crippen molar-refractivity contribution in [2.75, 3.05) is 13.1 Å². The Hall–Kier alpha value is -1.71. The lowest BCUT2D eigenvalue weighted by atomic mass is 9.91. The quantitative estimate of drug-likeness (QED) is 0.822. The number of ether oxygens (including phenoxy) is 1. The third-order valence-corrected chi connectivity index (χ3v) is 5.83. The van der Waals surface area contributed by atoms with E-state index in [-0.39, 0.29) is 12.2 Å². The highest BCUT2D eigenvalue weighted by atomic mass is 16.5. The minimum atomic E-state index is 0.0648. The predicted molar refractivity (Wildman–Crippen MR) is 101 cm³/mol. The third-order valence-electron chi connectivity index (χ3n) is 5.83. The van der Waals surface area contributed by atoms with Crippen LogP contribution in [0, 0.1) is 0 Å². The zero-order chi connectivity index (χ0) is 17.2. The fourth-order valence-electron chi connectivity index (χ4n) is 4.53. The highest BCUT2D eigenvalue weighted by molar-refractivity contribution is 5.86. The number of nitrogens with zero attached hydrogens (tertiary/aromatic N) is 1. The molecular formula is C22H27NO2. The van der Waals surface area contributed by atoms with Gasteiger partial charge in [0.1, 0.15) is 5.78 Å². The molecule has 0 bridgehead atoms. The van der Waals surface area contributed by atoms with E-state index < -0.39 is 0 Å². The van der Waals surface area contributed by atoms with Crippen molar-refractivity contribution < 1.29 is 9.53 Å². The number of hydrogen-bond donors (Lipinski definition) is 0. The van der Waals surface area contributed by atoms with Gasteiger partial charge in [-0.25, -0.2) is 0 Å². The van der Waals surface area contributed by atoms with Crippen molar-refractivity contribution in [1.82, 2.24) is 4.90 Å². The van der Waals surface area contributed by atoms with Gasteiger partial charge in [-0.3, -0.25) is 9.69 Å². The highest BCUT2D eigenvalue weighted by Crippen LogP contribution is 2.33. The first kappa shape index (κ1) is 16.7. The van der Waals surface area contributed by atoms with Crippen LogP contribution < -0.4 is 0 Å². The molecule has 2 fully saturated rings. The molecule has 2 aliphatic rings. The van der Waals surface area contributed by atoms with Gasteiger partial charge >= 0.3 is 0 Å². The van der Waals surface area contributed by atoms with Crippen LogP contribution in [0.25, 0.3) is 10.8 Å². The summed E-state index contributed by atoms with van der Waals surface area (Å²) in [6.45, 7) is 3.70. The average Bonchev–Trinajstić information content (AvgIpc) is 3.08. The van der Waals surface area contributed by atoms with E-state index >= 15 is 0 Å². The molecular weight excluding hydrogens is 310 g/mol. The Morgan fingerprint density at radius 2 is 1.88 bits per heavy atom. The maximum absolute atomic E-state index is 11.7. The standard InChI is InChI=1S/C22H27NO2/c1-16(19-10-6-8-17-7-2-3-9-20(17)19)25-22-12-5-4-11-21(22)23-14-13-18(24)15-23/h2-3,6-10,16,21-22H,4-5,11-15H2,1H3/t16?,21-,22-/m0/s1. The van der Waals surface area contributed by atoms with Crippen molar-refractivity contribution >= 4 is 16.6 Å². The van der Waals surface area contributed by atoms with Gasteiger partial charge in [0.05, 0.1) is 18.8 Å². The van der Waals surface area contributed by atoms with Gasteiger partial charge in [-0.05, 0) is 36.1 Å². The molecule has 0 aromatic heterocycles. The summed E-state index contributed by atoms with van der Waals surface area (Å²) in [5.41, 5.74) is 1.26. The van der Waals surface area contributed by atoms with Gasteiger partial charge in [0.25, 0.3) is 0 Å². The van der Waals surface area contributed by atoms with Gasteiger partial charge in [0.15, 0.2) is 0 Å². The molecule has 4 rings (SSSR count). The Morgan fingerprint density at radius 3 is 2.72 bits per heavy atom. The van der Waals surface area contributed by atoms with Crippen molar-refractivity contribution in [1.29, 1.82) is 0 Å². The normalized spacial score (nSPS) is 26.2. The summed E-state index contributed by atoms with van der Waals surface area (Å²) in [6.07, 6.45) is 5.74. The summed E-state index contributed by atoms with van der Waals surface area (Å²) >= 11 is 0. The van der Waals surface area contributed by atoms with Crippen LogP contribution in [0.5, 0.6) is 0 Å². The number of likely N-dealkylation sites (tertiary alicyclic amines) is 1. The number of rotatable bonds is 4. The van der Waals surface area contributed by atoms with Crippen molar-refractivity contribution in [3.05, 3.63) is 48.0 Å². The molecule has 0 radical (unpaired) electrons. The van der Waals surface area contributed by atoms with E-state index in [1.54, 1.807) is 0 Å². The van der Waals surface area contributed by atoms with Crippen molar-refractivity contribution in [2.24, 2.45) is 0 Å². The zero-order valence-electron chi connectivity index (χ0n) is 15.0. The van der Waals surface area contributed by atoms with E-state index in [1.165, 1.54) is 29.2 Å². The Morgan fingerprint density at radius 1 is 1.08 bits per heavy atom. The largest absolute Gasteiger partial charge is 0.369 e. The maximum atomic E-state index is 11.7. The van der Waals surface area contributed by atoms with Crippen LogP contribution in [-0.4, -0.2) is 35.9 Å². The molecule has 0 amide bonds. The Balaban J connectivity index is 1.53. The van der Waals surface area contributed by atoms with E-state index in [9.17, 15) is 4.79 Å². The maximum Gasteiger partial charge on any atom is 0.148 e. The van der Waals surface area contributed by atoms with E-state index in [0.717, 1.165) is 19.4 Å². The fourth-order valence-corrected chi connectivity index (χ4v) is 4.53. The molecule has 3 heteroatoms. The second-order valence-corrected chi connectivity index (χ2v) is 7.50. The molecule has 132 valence electrons. The van der Waals surface area contributed by atoms with Crippen molar-refractivity contribution in [2.45, 2.75) is 57.3 Å². The Labute approximate surface area is 150 Å². The molecule has 2 aromatic rings. The molecule has 0 N–H and O–H groups in total. The van der Waals surface area contributed by atoms with Crippen LogP contribution in [0.3, 0.4) is 0 Å². The first-order valence-electron chi connectivity index (χ1n) is 9.61. The van der Waals surface area contributed by atoms with Gasteiger partial charge in [0, 0.05) is 19.0 Å². The topological polar surface area (TPSA) is 29.5 Å². The number of fused-ring (bicyclic) bond motifs is 1. The summed E-state index contributed by atoms with van der Waals surface area (Å²) < 4.78 is 6.59. The Bertz CT molecular complexity index is 751. The number of ketones is 1. The highest BCUT2D eigenvalue weighted by Gasteiger charge is 2.35. The first-order valence-corrected chi connectivity index (χ1v) is 9.61. The summed E-state index contributed by atoms with van der Waals surface area (Å²) in [5, 5.41) is 2.54. The van der Waals surface area contributed by atoms with E-state index in [1.807, 2.05) is 0 Å². The number of benzene rings is 2. The first-order chi connectivity index (χ1) is 12.2. The summed E-state index contributed by atoms with van der Waals surface area (Å²) in [4.78, 5) is 14.1. The molecule has 1 aliphatic carbocycles. The van der Waals surface area contributed by atoms with E-state index in [4.69, 9.17) is 4.74 Å². The molecule has 1 saturated carbocycles. The second kappa shape index (κ2) is 7.27. The summed E-state index contributed by atoms with van der Waals surface area (Å²) in [5.74, 6) is 0.381. The van der Waals surface area contributed by atoms with Crippen LogP contribution in [0.2, 0.25) is 0 Å². The molecule has 3 nitrogen and oxygen atoms in total. The van der Waals surface area contributed by atoms with Gasteiger partial charge in [0.2, 0.25) is 0 Å². The summed E-state index contributed by atoms with van der Waals surface area (Å²) in [6, 6.07) is 15.4. The van der Waals surface area contributed by atoms with Gasteiger partial charge in [-0.2, -0.15) is 0 Å². The molecule has 1 aliphatic heterocycles. The number of hydrogen-bond acceptors (Lipinski definition) is 3. The van der Waals surface area contributed by atoms with Crippen molar-refractivity contribution in [3.63, 3.8) is 0 Å². The fraction of sp³-hybridized carbons (Fsp3) is 0.500. The molecule has 3 atom stereocenters. The van der Waals surface area contributed by atoms with Crippen LogP contribution in [0.15, 0.2) is 42.5 Å². The lowest BCUT2D eigenvalue weighted by molar-refractivity contribution is -0.117. The minimum Gasteiger partial charge on any atom is -0.369 e. The minimum absolute atomic E-state index is 0.0648. The number of carbonyl (C=O) groups excluding carboxylic acids is 1. The van der Waals surface area contributed by atoms with Crippen LogP contribution in [0.1, 0.15) is 50.7 Å². The van der Waals surface area contributed by atoms with Crippen molar-refractivity contribution in [3.8, 4) is 0 Å². The van der Waals surface area contributed by atoms with E-state index in [0.29, 0.717) is 24.8 Å². The Kier molecular flexibility index (Phi) is 4.87. The second-order valence-electron chi connectivity index (χ2n) is 7.50. The monoisotopic (exact) mass is 337 g/mol.